The average Bonchev–Trinajstić information content (AvgIpc) is 3.19. The highest BCUT2D eigenvalue weighted by molar-refractivity contribution is 5.62. The van der Waals surface area contributed by atoms with E-state index in [-0.39, 0.29) is 17.7 Å². The molecule has 9 heteroatoms. The summed E-state index contributed by atoms with van der Waals surface area (Å²) in [5.74, 6) is 0.612. The summed E-state index contributed by atoms with van der Waals surface area (Å²) in [6.07, 6.45) is 8.89. The van der Waals surface area contributed by atoms with Crippen LogP contribution in [0.25, 0.3) is 0 Å². The number of halogens is 1. The van der Waals surface area contributed by atoms with Crippen molar-refractivity contribution in [3.8, 4) is 5.75 Å². The Morgan fingerprint density at radius 1 is 1.16 bits per heavy atom. The van der Waals surface area contributed by atoms with E-state index in [0.29, 0.717) is 23.6 Å². The smallest absolute Gasteiger partial charge is 0.237 e. The van der Waals surface area contributed by atoms with Crippen LogP contribution in [0.15, 0.2) is 36.5 Å². The second-order valence-electron chi connectivity index (χ2n) is 8.14. The topological polar surface area (TPSA) is 105 Å². The van der Waals surface area contributed by atoms with Crippen molar-refractivity contribution in [1.82, 2.24) is 19.9 Å². The van der Waals surface area contributed by atoms with E-state index in [1.54, 1.807) is 12.1 Å². The third kappa shape index (κ3) is 4.92. The molecule has 3 aromatic rings. The fourth-order valence-electron chi connectivity index (χ4n) is 4.22. The first-order valence-corrected chi connectivity index (χ1v) is 11.1. The molecule has 0 saturated heterocycles. The van der Waals surface area contributed by atoms with E-state index in [4.69, 9.17) is 10.5 Å². The van der Waals surface area contributed by atoms with Gasteiger partial charge in [0.25, 0.3) is 0 Å². The minimum absolute atomic E-state index is 0.115. The summed E-state index contributed by atoms with van der Waals surface area (Å²) < 4.78 is 19.7. The maximum atomic E-state index is 14.6. The summed E-state index contributed by atoms with van der Waals surface area (Å²) in [6.45, 7) is 1.99. The number of nitrogens with two attached hydrogens (primary N) is 1. The lowest BCUT2D eigenvalue weighted by atomic mass is 10.1. The number of methoxy groups -OCH3 is 1. The number of aromatic amines is 1. The van der Waals surface area contributed by atoms with Crippen LogP contribution in [-0.2, 0) is 0 Å². The normalized spacial score (nSPS) is 15.7. The summed E-state index contributed by atoms with van der Waals surface area (Å²) >= 11 is 0. The summed E-state index contributed by atoms with van der Waals surface area (Å²) in [6, 6.07) is 8.75. The molecule has 32 heavy (non-hydrogen) atoms. The lowest BCUT2D eigenvalue weighted by molar-refractivity contribution is 0.386. The predicted molar refractivity (Wildman–Crippen MR) is 124 cm³/mol. The number of hydrogen-bond acceptors (Lipinski definition) is 7. The van der Waals surface area contributed by atoms with Crippen LogP contribution in [0.3, 0.4) is 0 Å². The fraction of sp³-hybridized carbons (Fsp3) is 0.435. The second-order valence-corrected chi connectivity index (χ2v) is 8.14. The van der Waals surface area contributed by atoms with Crippen LogP contribution in [0.4, 0.5) is 27.9 Å². The third-order valence-electron chi connectivity index (χ3n) is 5.92. The van der Waals surface area contributed by atoms with Gasteiger partial charge in [0.15, 0.2) is 11.6 Å². The molecule has 1 aromatic carbocycles. The first kappa shape index (κ1) is 21.9. The molecule has 1 fully saturated rings. The van der Waals surface area contributed by atoms with Gasteiger partial charge in [0.2, 0.25) is 17.8 Å². The van der Waals surface area contributed by atoms with Crippen molar-refractivity contribution in [1.29, 1.82) is 0 Å². The number of hydrogen-bond donors (Lipinski definition) is 3. The number of nitrogen functional groups attached to an aromatic ring is 1. The monoisotopic (exact) mass is 439 g/mol. The Hall–Kier alpha value is -3.36. The van der Waals surface area contributed by atoms with Crippen molar-refractivity contribution >= 4 is 23.5 Å². The maximum absolute atomic E-state index is 14.6. The number of aromatic nitrogens is 4. The Balaban J connectivity index is 1.72. The van der Waals surface area contributed by atoms with Crippen LogP contribution in [0.2, 0.25) is 0 Å². The van der Waals surface area contributed by atoms with Gasteiger partial charge in [-0.25, -0.2) is 4.39 Å². The molecule has 4 N–H and O–H groups in total. The Morgan fingerprint density at radius 2 is 1.94 bits per heavy atom. The Bertz CT molecular complexity index is 1020. The van der Waals surface area contributed by atoms with Gasteiger partial charge in [-0.15, -0.1) is 0 Å². The van der Waals surface area contributed by atoms with Crippen LogP contribution in [0, 0.1) is 5.82 Å². The van der Waals surface area contributed by atoms with Gasteiger partial charge in [0, 0.05) is 29.7 Å². The standard InChI is InChI=1S/C23H30FN7O/c1-15(19-10-7-13-26-19)31(17-11-12-20(32-2)18(24)14-17)23-29-21(25)28-22(30-23)27-16-8-5-3-4-6-9-16/h7,10-16,26H,3-6,8-9H2,1-2H3,(H3,25,27,28,29,30). The van der Waals surface area contributed by atoms with E-state index < -0.39 is 5.82 Å². The van der Waals surface area contributed by atoms with E-state index >= 15 is 0 Å². The molecular weight excluding hydrogens is 409 g/mol. The van der Waals surface area contributed by atoms with Crippen molar-refractivity contribution < 1.29 is 9.13 Å². The lowest BCUT2D eigenvalue weighted by Gasteiger charge is -2.29. The summed E-state index contributed by atoms with van der Waals surface area (Å²) in [7, 11) is 1.44. The molecule has 1 aliphatic rings. The average molecular weight is 440 g/mol. The third-order valence-corrected chi connectivity index (χ3v) is 5.92. The first-order valence-electron chi connectivity index (χ1n) is 11.1. The van der Waals surface area contributed by atoms with E-state index in [2.05, 4.69) is 25.3 Å². The second kappa shape index (κ2) is 9.84. The Labute approximate surface area is 187 Å². The minimum Gasteiger partial charge on any atom is -0.494 e. The van der Waals surface area contributed by atoms with E-state index in [9.17, 15) is 4.39 Å². The van der Waals surface area contributed by atoms with Crippen LogP contribution < -0.4 is 20.7 Å². The molecule has 0 spiro atoms. The van der Waals surface area contributed by atoms with Gasteiger partial charge in [-0.2, -0.15) is 15.0 Å². The quantitative estimate of drug-likeness (QED) is 0.447. The van der Waals surface area contributed by atoms with E-state index in [1.165, 1.54) is 38.9 Å². The molecular formula is C23H30FN7O. The first-order chi connectivity index (χ1) is 15.5. The van der Waals surface area contributed by atoms with Crippen LogP contribution in [0.5, 0.6) is 5.75 Å². The van der Waals surface area contributed by atoms with Gasteiger partial charge in [0.1, 0.15) is 0 Å². The highest BCUT2D eigenvalue weighted by Crippen LogP contribution is 2.35. The molecule has 2 aromatic heterocycles. The molecule has 0 bridgehead atoms. The molecule has 1 saturated carbocycles. The Kier molecular flexibility index (Phi) is 6.72. The van der Waals surface area contributed by atoms with Gasteiger partial charge in [-0.05, 0) is 44.0 Å². The number of benzene rings is 1. The fourth-order valence-corrected chi connectivity index (χ4v) is 4.22. The molecule has 0 amide bonds. The highest BCUT2D eigenvalue weighted by Gasteiger charge is 2.25. The maximum Gasteiger partial charge on any atom is 0.237 e. The van der Waals surface area contributed by atoms with Gasteiger partial charge in [-0.3, -0.25) is 0 Å². The number of ether oxygens (including phenoxy) is 1. The SMILES string of the molecule is COc1ccc(N(c2nc(N)nc(NC3CCCCCC3)n2)C(C)c2ccc[nH]2)cc1F. The molecule has 1 atom stereocenters. The van der Waals surface area contributed by atoms with Crippen molar-refractivity contribution in [2.75, 3.05) is 23.1 Å². The number of rotatable bonds is 7. The molecule has 170 valence electrons. The molecule has 1 unspecified atom stereocenters. The number of nitrogens with one attached hydrogen (secondary N) is 2. The molecule has 0 radical (unpaired) electrons. The van der Waals surface area contributed by atoms with Gasteiger partial charge >= 0.3 is 0 Å². The Morgan fingerprint density at radius 3 is 2.59 bits per heavy atom. The molecule has 8 nitrogen and oxygen atoms in total. The number of nitrogens with zero attached hydrogens (tertiary/aromatic N) is 4. The van der Waals surface area contributed by atoms with Gasteiger partial charge in [0.05, 0.1) is 13.2 Å². The zero-order valence-electron chi connectivity index (χ0n) is 18.5. The van der Waals surface area contributed by atoms with E-state index in [1.807, 2.05) is 30.2 Å². The van der Waals surface area contributed by atoms with Crippen molar-refractivity contribution in [3.63, 3.8) is 0 Å². The van der Waals surface area contributed by atoms with Crippen LogP contribution >= 0.6 is 0 Å². The van der Waals surface area contributed by atoms with Crippen molar-refractivity contribution in [2.24, 2.45) is 0 Å². The zero-order chi connectivity index (χ0) is 22.5. The van der Waals surface area contributed by atoms with Crippen molar-refractivity contribution in [3.05, 3.63) is 48.0 Å². The molecule has 2 heterocycles. The van der Waals surface area contributed by atoms with Gasteiger partial charge in [-0.1, -0.05) is 25.7 Å². The van der Waals surface area contributed by atoms with Crippen LogP contribution in [0.1, 0.15) is 57.2 Å². The zero-order valence-corrected chi connectivity index (χ0v) is 18.5. The van der Waals surface area contributed by atoms with Gasteiger partial charge < -0.3 is 25.7 Å². The number of H-pyrrole nitrogens is 1. The van der Waals surface area contributed by atoms with E-state index in [0.717, 1.165) is 18.5 Å². The summed E-state index contributed by atoms with van der Waals surface area (Å²) in [4.78, 5) is 18.5. The molecule has 0 aliphatic heterocycles. The molecule has 1 aliphatic carbocycles. The summed E-state index contributed by atoms with van der Waals surface area (Å²) in [5.41, 5.74) is 7.58. The minimum atomic E-state index is -0.465. The van der Waals surface area contributed by atoms with Crippen molar-refractivity contribution in [2.45, 2.75) is 57.5 Å². The highest BCUT2D eigenvalue weighted by atomic mass is 19.1. The summed E-state index contributed by atoms with van der Waals surface area (Å²) in [5, 5.41) is 3.44. The van der Waals surface area contributed by atoms with Crippen LogP contribution in [-0.4, -0.2) is 33.1 Å². The predicted octanol–water partition coefficient (Wildman–Crippen LogP) is 4.96. The number of anilines is 4. The lowest BCUT2D eigenvalue weighted by Crippen LogP contribution is -2.26. The largest absolute Gasteiger partial charge is 0.494 e. The molecule has 4 rings (SSSR count).